The van der Waals surface area contributed by atoms with Crippen molar-refractivity contribution in [3.05, 3.63) is 59.2 Å². The van der Waals surface area contributed by atoms with Crippen LogP contribution in [0.5, 0.6) is 11.5 Å². The average molecular weight is 548 g/mol. The van der Waals surface area contributed by atoms with Gasteiger partial charge in [0, 0.05) is 50.6 Å². The number of benzene rings is 2. The summed E-state index contributed by atoms with van der Waals surface area (Å²) in [6, 6.07) is 13.5. The molecule has 0 aromatic heterocycles. The van der Waals surface area contributed by atoms with Gasteiger partial charge < -0.3 is 24.6 Å². The molecule has 4 bridgehead atoms. The molecule has 2 fully saturated rings. The van der Waals surface area contributed by atoms with E-state index in [4.69, 9.17) is 9.47 Å². The molecule has 3 aliphatic rings. The molecule has 0 saturated carbocycles. The van der Waals surface area contributed by atoms with Crippen LogP contribution in [0.15, 0.2) is 42.5 Å². The number of hydrogen-bond acceptors (Lipinski definition) is 5. The van der Waals surface area contributed by atoms with E-state index < -0.39 is 0 Å². The Morgan fingerprint density at radius 1 is 0.925 bits per heavy atom. The zero-order valence-corrected chi connectivity index (χ0v) is 23.7. The number of nitrogens with one attached hydrogen (secondary N) is 1. The van der Waals surface area contributed by atoms with Gasteiger partial charge in [-0.15, -0.1) is 0 Å². The van der Waals surface area contributed by atoms with E-state index in [1.54, 1.807) is 14.2 Å². The van der Waals surface area contributed by atoms with Gasteiger partial charge in [0.05, 0.1) is 14.2 Å². The third-order valence-electron chi connectivity index (χ3n) is 8.69. The lowest BCUT2D eigenvalue weighted by Gasteiger charge is -2.51. The summed E-state index contributed by atoms with van der Waals surface area (Å²) in [7, 11) is 3.27. The number of fused-ring (bicyclic) bond motifs is 6. The first-order valence-corrected chi connectivity index (χ1v) is 14.6. The molecular weight excluding hydrogens is 506 g/mol. The van der Waals surface area contributed by atoms with Crippen LogP contribution >= 0.6 is 0 Å². The maximum atomic E-state index is 13.8. The van der Waals surface area contributed by atoms with E-state index in [1.165, 1.54) is 0 Å². The maximum absolute atomic E-state index is 13.8. The van der Waals surface area contributed by atoms with Crippen molar-refractivity contribution in [2.45, 2.75) is 57.4 Å². The SMILES string of the molecule is COc1cc2cc(c1OC)CCCNC(=O)CCC[C@H]1[C@H]3C[C@@H](CN(C(=O)c4ccccc4)C3)CN1C(=O)CC2. The van der Waals surface area contributed by atoms with Crippen molar-refractivity contribution in [3.63, 3.8) is 0 Å². The summed E-state index contributed by atoms with van der Waals surface area (Å²) in [6.45, 7) is 2.57. The average Bonchev–Trinajstić information content (AvgIpc) is 2.98. The number of hydrogen-bond donors (Lipinski definition) is 1. The van der Waals surface area contributed by atoms with Crippen molar-refractivity contribution >= 4 is 17.7 Å². The molecule has 2 saturated heterocycles. The van der Waals surface area contributed by atoms with Crippen LogP contribution < -0.4 is 14.8 Å². The Bertz CT molecular complexity index is 1220. The van der Waals surface area contributed by atoms with E-state index in [0.717, 1.165) is 43.2 Å². The predicted molar refractivity (Wildman–Crippen MR) is 152 cm³/mol. The van der Waals surface area contributed by atoms with Gasteiger partial charge in [-0.3, -0.25) is 14.4 Å². The molecular formula is C32H41N3O5. The Morgan fingerprint density at radius 2 is 1.75 bits per heavy atom. The largest absolute Gasteiger partial charge is 0.493 e. The van der Waals surface area contributed by atoms with Gasteiger partial charge in [-0.1, -0.05) is 24.3 Å². The molecule has 0 aliphatic carbocycles. The summed E-state index contributed by atoms with van der Waals surface area (Å²) in [5, 5.41) is 3.06. The number of nitrogens with zero attached hydrogens (tertiary/aromatic N) is 2. The number of rotatable bonds is 3. The zero-order valence-electron chi connectivity index (χ0n) is 23.7. The van der Waals surface area contributed by atoms with Crippen LogP contribution in [0.2, 0.25) is 0 Å². The Labute approximate surface area is 237 Å². The summed E-state index contributed by atoms with van der Waals surface area (Å²) in [5.74, 6) is 2.10. The molecule has 3 heterocycles. The second kappa shape index (κ2) is 12.7. The van der Waals surface area contributed by atoms with Crippen LogP contribution in [0.1, 0.15) is 60.0 Å². The molecule has 1 N–H and O–H groups in total. The number of carbonyl (C=O) groups excluding carboxylic acids is 3. The summed E-state index contributed by atoms with van der Waals surface area (Å²) in [4.78, 5) is 43.7. The molecule has 214 valence electrons. The lowest BCUT2D eigenvalue weighted by molar-refractivity contribution is -0.140. The van der Waals surface area contributed by atoms with Crippen LogP contribution in [-0.4, -0.2) is 74.0 Å². The minimum atomic E-state index is 0.0248. The van der Waals surface area contributed by atoms with Gasteiger partial charge >= 0.3 is 0 Å². The third-order valence-corrected chi connectivity index (χ3v) is 8.69. The smallest absolute Gasteiger partial charge is 0.253 e. The highest BCUT2D eigenvalue weighted by atomic mass is 16.5. The van der Waals surface area contributed by atoms with Crippen molar-refractivity contribution in [3.8, 4) is 11.5 Å². The molecule has 2 aromatic carbocycles. The van der Waals surface area contributed by atoms with E-state index in [9.17, 15) is 14.4 Å². The highest BCUT2D eigenvalue weighted by Crippen LogP contribution is 2.37. The van der Waals surface area contributed by atoms with Crippen LogP contribution in [0.3, 0.4) is 0 Å². The first-order valence-electron chi connectivity index (χ1n) is 14.6. The molecule has 2 aromatic rings. The summed E-state index contributed by atoms with van der Waals surface area (Å²) in [5.41, 5.74) is 2.78. The Kier molecular flexibility index (Phi) is 8.92. The number of aryl methyl sites for hydroxylation is 2. The first kappa shape index (κ1) is 28.0. The van der Waals surface area contributed by atoms with Crippen molar-refractivity contribution in [1.82, 2.24) is 15.1 Å². The minimum absolute atomic E-state index is 0.0248. The molecule has 3 amide bonds. The standard InChI is InChI=1S/C32H41N3O5/c1-39-28-18-22-13-14-30(37)35-20-23-17-26(21-34(19-23)32(38)24-8-4-3-5-9-24)27(35)11-6-12-29(36)33-15-7-10-25(16-22)31(28)40-2/h3-5,8-9,16,18,23,26-27H,6-7,10-15,17,19-21H2,1-2H3,(H,33,36)/t23-,26-,27-/m0/s1. The fourth-order valence-electron chi connectivity index (χ4n) is 6.83. The van der Waals surface area contributed by atoms with Crippen molar-refractivity contribution < 1.29 is 23.9 Å². The summed E-state index contributed by atoms with van der Waals surface area (Å²) >= 11 is 0. The van der Waals surface area contributed by atoms with Gasteiger partial charge in [-0.25, -0.2) is 0 Å². The van der Waals surface area contributed by atoms with Gasteiger partial charge in [0.15, 0.2) is 11.5 Å². The zero-order chi connectivity index (χ0) is 28.1. The molecule has 0 radical (unpaired) electrons. The Hall–Kier alpha value is -3.55. The summed E-state index contributed by atoms with van der Waals surface area (Å²) < 4.78 is 11.3. The maximum Gasteiger partial charge on any atom is 0.253 e. The van der Waals surface area contributed by atoms with E-state index in [2.05, 4.69) is 16.3 Å². The number of methoxy groups -OCH3 is 2. The lowest BCUT2D eigenvalue weighted by atomic mass is 9.77. The number of amides is 3. The Morgan fingerprint density at radius 3 is 2.52 bits per heavy atom. The highest BCUT2D eigenvalue weighted by molar-refractivity contribution is 5.94. The van der Waals surface area contributed by atoms with E-state index in [0.29, 0.717) is 62.5 Å². The van der Waals surface area contributed by atoms with E-state index in [1.807, 2.05) is 41.3 Å². The molecule has 5 rings (SSSR count). The van der Waals surface area contributed by atoms with E-state index >= 15 is 0 Å². The number of piperidine rings is 2. The second-order valence-electron chi connectivity index (χ2n) is 11.4. The molecule has 0 spiro atoms. The van der Waals surface area contributed by atoms with Gasteiger partial charge in [0.25, 0.3) is 5.91 Å². The molecule has 8 nitrogen and oxygen atoms in total. The van der Waals surface area contributed by atoms with Crippen LogP contribution in [0.4, 0.5) is 0 Å². The van der Waals surface area contributed by atoms with Gasteiger partial charge in [0.2, 0.25) is 11.8 Å². The molecule has 40 heavy (non-hydrogen) atoms. The van der Waals surface area contributed by atoms with Gasteiger partial charge in [0.1, 0.15) is 0 Å². The number of ether oxygens (including phenoxy) is 2. The second-order valence-corrected chi connectivity index (χ2v) is 11.4. The van der Waals surface area contributed by atoms with Gasteiger partial charge in [-0.2, -0.15) is 0 Å². The van der Waals surface area contributed by atoms with Crippen LogP contribution in [0.25, 0.3) is 0 Å². The fourth-order valence-corrected chi connectivity index (χ4v) is 6.83. The van der Waals surface area contributed by atoms with Crippen LogP contribution in [0, 0.1) is 11.8 Å². The molecule has 3 atom stereocenters. The number of carbonyl (C=O) groups is 3. The Balaban J connectivity index is 1.37. The normalized spacial score (nSPS) is 24.1. The minimum Gasteiger partial charge on any atom is -0.493 e. The van der Waals surface area contributed by atoms with Crippen LogP contribution in [-0.2, 0) is 22.4 Å². The molecule has 8 heteroatoms. The van der Waals surface area contributed by atoms with Gasteiger partial charge in [-0.05, 0) is 79.7 Å². The number of likely N-dealkylation sites (tertiary alicyclic amines) is 1. The fraction of sp³-hybridized carbons (Fsp3) is 0.531. The third kappa shape index (κ3) is 6.26. The lowest BCUT2D eigenvalue weighted by Crippen LogP contribution is -2.60. The molecule has 0 unspecified atom stereocenters. The predicted octanol–water partition coefficient (Wildman–Crippen LogP) is 3.86. The van der Waals surface area contributed by atoms with E-state index in [-0.39, 0.29) is 35.6 Å². The van der Waals surface area contributed by atoms with Crippen molar-refractivity contribution in [2.75, 3.05) is 40.4 Å². The highest BCUT2D eigenvalue weighted by Gasteiger charge is 2.43. The van der Waals surface area contributed by atoms with Crippen molar-refractivity contribution in [1.29, 1.82) is 0 Å². The quantitative estimate of drug-likeness (QED) is 0.631. The monoisotopic (exact) mass is 547 g/mol. The van der Waals surface area contributed by atoms with Crippen molar-refractivity contribution in [2.24, 2.45) is 11.8 Å². The topological polar surface area (TPSA) is 88.2 Å². The molecule has 3 aliphatic heterocycles. The summed E-state index contributed by atoms with van der Waals surface area (Å²) in [6.07, 6.45) is 5.52. The first-order chi connectivity index (χ1) is 19.5.